The minimum Gasteiger partial charge on any atom is -0.490 e. The van der Waals surface area contributed by atoms with Crippen LogP contribution in [0.25, 0.3) is 0 Å². The summed E-state index contributed by atoms with van der Waals surface area (Å²) >= 11 is 3.31. The van der Waals surface area contributed by atoms with Crippen molar-refractivity contribution in [1.82, 2.24) is 5.43 Å². The first-order valence-corrected chi connectivity index (χ1v) is 12.3. The summed E-state index contributed by atoms with van der Waals surface area (Å²) in [4.78, 5) is 12.3. The first-order valence-electron chi connectivity index (χ1n) is 9.70. The lowest BCUT2D eigenvalue weighted by atomic mass is 10.2. The second kappa shape index (κ2) is 11.7. The van der Waals surface area contributed by atoms with Gasteiger partial charge in [0.2, 0.25) is 10.0 Å². The number of benzene rings is 2. The van der Waals surface area contributed by atoms with E-state index in [-0.39, 0.29) is 0 Å². The maximum absolute atomic E-state index is 12.3. The number of amides is 1. The van der Waals surface area contributed by atoms with Crippen molar-refractivity contribution in [2.45, 2.75) is 20.3 Å². The molecular weight excluding hydrogens is 486 g/mol. The van der Waals surface area contributed by atoms with Crippen LogP contribution in [0.4, 0.5) is 5.69 Å². The summed E-state index contributed by atoms with van der Waals surface area (Å²) in [6.45, 7) is 4.55. The molecule has 0 bridgehead atoms. The van der Waals surface area contributed by atoms with E-state index in [2.05, 4.69) is 26.5 Å². The quantitative estimate of drug-likeness (QED) is 0.367. The van der Waals surface area contributed by atoms with Crippen LogP contribution >= 0.6 is 15.9 Å². The summed E-state index contributed by atoms with van der Waals surface area (Å²) < 4.78 is 37.2. The summed E-state index contributed by atoms with van der Waals surface area (Å²) in [6.07, 6.45) is 3.37. The highest BCUT2D eigenvalue weighted by molar-refractivity contribution is 9.10. The molecule has 0 aromatic heterocycles. The van der Waals surface area contributed by atoms with Crippen molar-refractivity contribution in [3.63, 3.8) is 0 Å². The van der Waals surface area contributed by atoms with E-state index in [0.29, 0.717) is 40.4 Å². The molecular formula is C21H26BrN3O5S. The van der Waals surface area contributed by atoms with Crippen LogP contribution in [0.1, 0.15) is 25.8 Å². The summed E-state index contributed by atoms with van der Waals surface area (Å²) in [5.41, 5.74) is 3.42. The third-order valence-corrected chi connectivity index (χ3v) is 5.74. The van der Waals surface area contributed by atoms with Crippen LogP contribution in [0, 0.1) is 0 Å². The van der Waals surface area contributed by atoms with Crippen LogP contribution in [0.2, 0.25) is 0 Å². The fourth-order valence-electron chi connectivity index (χ4n) is 2.58. The Morgan fingerprint density at radius 2 is 1.90 bits per heavy atom. The number of sulfonamides is 1. The van der Waals surface area contributed by atoms with Gasteiger partial charge in [-0.1, -0.05) is 19.1 Å². The molecule has 2 aromatic carbocycles. The van der Waals surface area contributed by atoms with Crippen LogP contribution in [-0.4, -0.2) is 46.6 Å². The van der Waals surface area contributed by atoms with Gasteiger partial charge in [-0.2, -0.15) is 5.10 Å². The number of ether oxygens (including phenoxy) is 2. The zero-order valence-corrected chi connectivity index (χ0v) is 20.1. The molecule has 1 amide bonds. The molecule has 0 saturated heterocycles. The van der Waals surface area contributed by atoms with Gasteiger partial charge in [0.25, 0.3) is 5.91 Å². The number of para-hydroxylation sites is 1. The lowest BCUT2D eigenvalue weighted by Gasteiger charge is -2.22. The second-order valence-electron chi connectivity index (χ2n) is 6.50. The number of anilines is 1. The number of hydrazone groups is 1. The third kappa shape index (κ3) is 7.55. The van der Waals surface area contributed by atoms with Crippen LogP contribution in [0.15, 0.2) is 52.0 Å². The minimum atomic E-state index is -3.68. The summed E-state index contributed by atoms with van der Waals surface area (Å²) in [5, 5.41) is 3.93. The molecule has 0 aliphatic rings. The summed E-state index contributed by atoms with van der Waals surface area (Å²) in [6, 6.07) is 12.1. The Morgan fingerprint density at radius 1 is 1.16 bits per heavy atom. The monoisotopic (exact) mass is 511 g/mol. The predicted octanol–water partition coefficient (Wildman–Crippen LogP) is 3.55. The lowest BCUT2D eigenvalue weighted by Crippen LogP contribution is -2.39. The smallest absolute Gasteiger partial charge is 0.260 e. The number of nitrogens with one attached hydrogen (secondary N) is 1. The molecule has 0 heterocycles. The van der Waals surface area contributed by atoms with Crippen molar-refractivity contribution in [3.8, 4) is 11.5 Å². The zero-order chi connectivity index (χ0) is 22.9. The molecule has 0 atom stereocenters. The van der Waals surface area contributed by atoms with Crippen LogP contribution in [-0.2, 0) is 14.8 Å². The van der Waals surface area contributed by atoms with Gasteiger partial charge in [0.1, 0.15) is 6.54 Å². The van der Waals surface area contributed by atoms with E-state index in [1.165, 1.54) is 6.21 Å². The van der Waals surface area contributed by atoms with Crippen LogP contribution < -0.4 is 19.2 Å². The van der Waals surface area contributed by atoms with Gasteiger partial charge >= 0.3 is 0 Å². The van der Waals surface area contributed by atoms with Crippen molar-refractivity contribution in [1.29, 1.82) is 0 Å². The van der Waals surface area contributed by atoms with Crippen molar-refractivity contribution in [2.75, 3.05) is 30.3 Å². The number of carbonyl (C=O) groups is 1. The molecule has 31 heavy (non-hydrogen) atoms. The molecule has 10 heteroatoms. The van der Waals surface area contributed by atoms with Crippen molar-refractivity contribution < 1.29 is 22.7 Å². The SMILES string of the molecule is CCCOc1ccc(/C=N\NC(=O)CN(c2ccccc2Br)S(C)(=O)=O)cc1OCC. The van der Waals surface area contributed by atoms with Gasteiger partial charge < -0.3 is 9.47 Å². The van der Waals surface area contributed by atoms with E-state index in [0.717, 1.165) is 17.0 Å². The molecule has 0 saturated carbocycles. The highest BCUT2D eigenvalue weighted by atomic mass is 79.9. The van der Waals surface area contributed by atoms with Gasteiger partial charge in [-0.15, -0.1) is 0 Å². The number of carbonyl (C=O) groups excluding carboxylic acids is 1. The first-order chi connectivity index (χ1) is 14.8. The maximum Gasteiger partial charge on any atom is 0.260 e. The zero-order valence-electron chi connectivity index (χ0n) is 17.7. The fourth-order valence-corrected chi connectivity index (χ4v) is 4.07. The normalized spacial score (nSPS) is 11.4. The Morgan fingerprint density at radius 3 is 2.55 bits per heavy atom. The van der Waals surface area contributed by atoms with Gasteiger partial charge in [0.15, 0.2) is 11.5 Å². The number of hydrogen-bond acceptors (Lipinski definition) is 6. The van der Waals surface area contributed by atoms with Gasteiger partial charge in [-0.3, -0.25) is 9.10 Å². The lowest BCUT2D eigenvalue weighted by molar-refractivity contribution is -0.119. The Balaban J connectivity index is 2.08. The highest BCUT2D eigenvalue weighted by Crippen LogP contribution is 2.28. The molecule has 1 N–H and O–H groups in total. The number of halogens is 1. The molecule has 168 valence electrons. The summed E-state index contributed by atoms with van der Waals surface area (Å²) in [7, 11) is -3.68. The van der Waals surface area contributed by atoms with Crippen LogP contribution in [0.5, 0.6) is 11.5 Å². The van der Waals surface area contributed by atoms with Crippen molar-refractivity contribution >= 4 is 43.8 Å². The largest absolute Gasteiger partial charge is 0.490 e. The maximum atomic E-state index is 12.3. The first kappa shape index (κ1) is 24.7. The molecule has 0 aliphatic carbocycles. The fraction of sp³-hybridized carbons (Fsp3) is 0.333. The molecule has 0 spiro atoms. The molecule has 0 aliphatic heterocycles. The molecule has 0 fully saturated rings. The van der Waals surface area contributed by atoms with E-state index >= 15 is 0 Å². The molecule has 0 radical (unpaired) electrons. The minimum absolute atomic E-state index is 0.369. The Labute approximate surface area is 191 Å². The predicted molar refractivity (Wildman–Crippen MR) is 125 cm³/mol. The molecule has 8 nitrogen and oxygen atoms in total. The van der Waals surface area contributed by atoms with Gasteiger partial charge in [-0.25, -0.2) is 13.8 Å². The average molecular weight is 512 g/mol. The Kier molecular flexibility index (Phi) is 9.32. The molecule has 0 unspecified atom stereocenters. The van der Waals surface area contributed by atoms with E-state index in [4.69, 9.17) is 9.47 Å². The van der Waals surface area contributed by atoms with E-state index < -0.39 is 22.5 Å². The Hall–Kier alpha value is -2.59. The number of nitrogens with zero attached hydrogens (tertiary/aromatic N) is 2. The van der Waals surface area contributed by atoms with Gasteiger partial charge in [0.05, 0.1) is 31.4 Å². The highest BCUT2D eigenvalue weighted by Gasteiger charge is 2.22. The van der Waals surface area contributed by atoms with Crippen LogP contribution in [0.3, 0.4) is 0 Å². The topological polar surface area (TPSA) is 97.3 Å². The van der Waals surface area contributed by atoms with Crippen molar-refractivity contribution in [2.24, 2.45) is 5.10 Å². The average Bonchev–Trinajstić information content (AvgIpc) is 2.71. The van der Waals surface area contributed by atoms with E-state index in [9.17, 15) is 13.2 Å². The summed E-state index contributed by atoms with van der Waals surface area (Å²) in [5.74, 6) is 0.649. The standard InChI is InChI=1S/C21H26BrN3O5S/c1-4-12-30-19-11-10-16(13-20(19)29-5-2)14-23-24-21(26)15-25(31(3,27)28)18-9-7-6-8-17(18)22/h6-11,13-14H,4-5,12,15H2,1-3H3,(H,24,26)/b23-14-. The second-order valence-corrected chi connectivity index (χ2v) is 9.26. The molecule has 2 aromatic rings. The van der Waals surface area contributed by atoms with E-state index in [1.54, 1.807) is 42.5 Å². The third-order valence-electron chi connectivity index (χ3n) is 3.94. The van der Waals surface area contributed by atoms with Gasteiger partial charge in [0, 0.05) is 4.47 Å². The van der Waals surface area contributed by atoms with E-state index in [1.807, 2.05) is 13.8 Å². The van der Waals surface area contributed by atoms with Gasteiger partial charge in [-0.05, 0) is 65.2 Å². The molecule has 2 rings (SSSR count). The number of hydrogen-bond donors (Lipinski definition) is 1. The van der Waals surface area contributed by atoms with Crippen molar-refractivity contribution in [3.05, 3.63) is 52.5 Å². The number of rotatable bonds is 11. The Bertz CT molecular complexity index is 1030.